The van der Waals surface area contributed by atoms with Gasteiger partial charge >= 0.3 is 0 Å². The second kappa shape index (κ2) is 5.65. The SMILES string of the molecule is COc1ccc(CNCc2nccs2)cc1O. The summed E-state index contributed by atoms with van der Waals surface area (Å²) in [7, 11) is 1.54. The number of thiazole rings is 1. The number of nitrogens with one attached hydrogen (secondary N) is 1. The zero-order valence-corrected chi connectivity index (χ0v) is 10.3. The molecule has 0 spiro atoms. The highest BCUT2D eigenvalue weighted by molar-refractivity contribution is 7.09. The molecule has 0 saturated carbocycles. The van der Waals surface area contributed by atoms with Crippen LogP contribution in [0.15, 0.2) is 29.8 Å². The van der Waals surface area contributed by atoms with Crippen LogP contribution in [-0.4, -0.2) is 17.2 Å². The summed E-state index contributed by atoms with van der Waals surface area (Å²) < 4.78 is 4.98. The molecule has 0 saturated heterocycles. The Bertz CT molecular complexity index is 471. The molecular weight excluding hydrogens is 236 g/mol. The van der Waals surface area contributed by atoms with Crippen LogP contribution in [0.5, 0.6) is 11.5 Å². The van der Waals surface area contributed by atoms with Crippen molar-refractivity contribution in [3.8, 4) is 11.5 Å². The van der Waals surface area contributed by atoms with Gasteiger partial charge in [0.05, 0.1) is 7.11 Å². The molecule has 0 fully saturated rings. The normalized spacial score (nSPS) is 10.4. The number of phenols is 1. The third kappa shape index (κ3) is 3.18. The Kier molecular flexibility index (Phi) is 3.95. The van der Waals surface area contributed by atoms with E-state index in [0.29, 0.717) is 12.3 Å². The lowest BCUT2D eigenvalue weighted by Gasteiger charge is -2.06. The number of ether oxygens (including phenoxy) is 1. The van der Waals surface area contributed by atoms with Crippen molar-refractivity contribution < 1.29 is 9.84 Å². The molecule has 4 nitrogen and oxygen atoms in total. The number of hydrogen-bond donors (Lipinski definition) is 2. The zero-order valence-electron chi connectivity index (χ0n) is 9.51. The molecule has 90 valence electrons. The summed E-state index contributed by atoms with van der Waals surface area (Å²) in [5, 5.41) is 15.9. The van der Waals surface area contributed by atoms with Gasteiger partial charge in [-0.15, -0.1) is 11.3 Å². The number of aromatic hydroxyl groups is 1. The Morgan fingerprint density at radius 1 is 1.41 bits per heavy atom. The maximum absolute atomic E-state index is 9.61. The fourth-order valence-corrected chi connectivity index (χ4v) is 2.09. The number of nitrogens with zero attached hydrogens (tertiary/aromatic N) is 1. The molecule has 2 N–H and O–H groups in total. The van der Waals surface area contributed by atoms with Crippen molar-refractivity contribution >= 4 is 11.3 Å². The second-order valence-electron chi connectivity index (χ2n) is 3.54. The number of aromatic nitrogens is 1. The number of rotatable bonds is 5. The third-order valence-corrected chi connectivity index (χ3v) is 3.11. The molecular formula is C12H14N2O2S. The second-order valence-corrected chi connectivity index (χ2v) is 4.51. The van der Waals surface area contributed by atoms with Crippen molar-refractivity contribution in [2.24, 2.45) is 0 Å². The molecule has 0 bridgehead atoms. The van der Waals surface area contributed by atoms with Crippen molar-refractivity contribution in [3.63, 3.8) is 0 Å². The molecule has 0 aliphatic carbocycles. The molecule has 0 atom stereocenters. The lowest BCUT2D eigenvalue weighted by Crippen LogP contribution is -2.12. The zero-order chi connectivity index (χ0) is 12.1. The van der Waals surface area contributed by atoms with Crippen LogP contribution < -0.4 is 10.1 Å². The van der Waals surface area contributed by atoms with Crippen LogP contribution in [0.3, 0.4) is 0 Å². The minimum Gasteiger partial charge on any atom is -0.504 e. The highest BCUT2D eigenvalue weighted by atomic mass is 32.1. The number of hydrogen-bond acceptors (Lipinski definition) is 5. The fraction of sp³-hybridized carbons (Fsp3) is 0.250. The van der Waals surface area contributed by atoms with Crippen molar-refractivity contribution in [1.82, 2.24) is 10.3 Å². The van der Waals surface area contributed by atoms with E-state index < -0.39 is 0 Å². The van der Waals surface area contributed by atoms with E-state index in [1.807, 2.05) is 11.4 Å². The molecule has 0 unspecified atom stereocenters. The van der Waals surface area contributed by atoms with E-state index >= 15 is 0 Å². The molecule has 2 aromatic rings. The van der Waals surface area contributed by atoms with Gasteiger partial charge in [-0.05, 0) is 17.7 Å². The van der Waals surface area contributed by atoms with Crippen LogP contribution in [0.2, 0.25) is 0 Å². The maximum atomic E-state index is 9.61. The first-order valence-electron chi connectivity index (χ1n) is 5.24. The molecule has 1 heterocycles. The summed E-state index contributed by atoms with van der Waals surface area (Å²) in [6.45, 7) is 1.43. The van der Waals surface area contributed by atoms with E-state index in [1.54, 1.807) is 29.7 Å². The molecule has 5 heteroatoms. The minimum atomic E-state index is 0.168. The summed E-state index contributed by atoms with van der Waals surface area (Å²) in [5.74, 6) is 0.662. The van der Waals surface area contributed by atoms with Crippen LogP contribution >= 0.6 is 11.3 Å². The van der Waals surface area contributed by atoms with E-state index in [0.717, 1.165) is 17.1 Å². The maximum Gasteiger partial charge on any atom is 0.160 e. The highest BCUT2D eigenvalue weighted by Crippen LogP contribution is 2.26. The molecule has 17 heavy (non-hydrogen) atoms. The smallest absolute Gasteiger partial charge is 0.160 e. The monoisotopic (exact) mass is 250 g/mol. The van der Waals surface area contributed by atoms with Crippen molar-refractivity contribution in [3.05, 3.63) is 40.3 Å². The van der Waals surface area contributed by atoms with E-state index in [2.05, 4.69) is 10.3 Å². The Morgan fingerprint density at radius 2 is 2.29 bits per heavy atom. The van der Waals surface area contributed by atoms with Crippen LogP contribution in [0.1, 0.15) is 10.6 Å². The summed E-state index contributed by atoms with van der Waals surface area (Å²) in [5.41, 5.74) is 1.01. The van der Waals surface area contributed by atoms with Crippen molar-refractivity contribution in [2.45, 2.75) is 13.1 Å². The summed E-state index contributed by atoms with van der Waals surface area (Å²) >= 11 is 1.62. The van der Waals surface area contributed by atoms with Crippen molar-refractivity contribution in [1.29, 1.82) is 0 Å². The lowest BCUT2D eigenvalue weighted by atomic mass is 10.2. The predicted molar refractivity (Wildman–Crippen MR) is 67.3 cm³/mol. The minimum absolute atomic E-state index is 0.168. The Hall–Kier alpha value is -1.59. The average molecular weight is 250 g/mol. The fourth-order valence-electron chi connectivity index (χ4n) is 1.50. The summed E-state index contributed by atoms with van der Waals surface area (Å²) in [6, 6.07) is 5.39. The third-order valence-electron chi connectivity index (χ3n) is 2.33. The van der Waals surface area contributed by atoms with Gasteiger partial charge in [0.1, 0.15) is 5.01 Å². The van der Waals surface area contributed by atoms with Gasteiger partial charge in [0.2, 0.25) is 0 Å². The van der Waals surface area contributed by atoms with Gasteiger partial charge in [0.25, 0.3) is 0 Å². The van der Waals surface area contributed by atoms with Gasteiger partial charge in [-0.2, -0.15) is 0 Å². The average Bonchev–Trinajstić information content (AvgIpc) is 2.82. The van der Waals surface area contributed by atoms with E-state index in [1.165, 1.54) is 7.11 Å². The first-order chi connectivity index (χ1) is 8.29. The van der Waals surface area contributed by atoms with E-state index in [4.69, 9.17) is 4.74 Å². The summed E-state index contributed by atoms with van der Waals surface area (Å²) in [4.78, 5) is 4.18. The number of phenolic OH excluding ortho intramolecular Hbond substituents is 1. The number of methoxy groups -OCH3 is 1. The topological polar surface area (TPSA) is 54.4 Å². The van der Waals surface area contributed by atoms with Gasteiger partial charge in [-0.3, -0.25) is 0 Å². The molecule has 1 aromatic carbocycles. The van der Waals surface area contributed by atoms with Gasteiger partial charge in [0.15, 0.2) is 11.5 Å². The quantitative estimate of drug-likeness (QED) is 0.853. The highest BCUT2D eigenvalue weighted by Gasteiger charge is 2.02. The Morgan fingerprint density at radius 3 is 2.94 bits per heavy atom. The van der Waals surface area contributed by atoms with Gasteiger partial charge in [-0.1, -0.05) is 6.07 Å². The van der Waals surface area contributed by atoms with Crippen LogP contribution in [0.25, 0.3) is 0 Å². The summed E-state index contributed by atoms with van der Waals surface area (Å²) in [6.07, 6.45) is 1.79. The first-order valence-corrected chi connectivity index (χ1v) is 6.12. The molecule has 1 aromatic heterocycles. The van der Waals surface area contributed by atoms with Gasteiger partial charge in [-0.25, -0.2) is 4.98 Å². The largest absolute Gasteiger partial charge is 0.504 e. The van der Waals surface area contributed by atoms with Gasteiger partial charge < -0.3 is 15.2 Å². The first kappa shape index (κ1) is 11.9. The van der Waals surface area contributed by atoms with Crippen LogP contribution in [-0.2, 0) is 13.1 Å². The van der Waals surface area contributed by atoms with E-state index in [-0.39, 0.29) is 5.75 Å². The predicted octanol–water partition coefficient (Wildman–Crippen LogP) is 2.15. The van der Waals surface area contributed by atoms with Crippen molar-refractivity contribution in [2.75, 3.05) is 7.11 Å². The number of benzene rings is 1. The molecule has 0 radical (unpaired) electrons. The Balaban J connectivity index is 1.89. The van der Waals surface area contributed by atoms with Crippen LogP contribution in [0, 0.1) is 0 Å². The van der Waals surface area contributed by atoms with Gasteiger partial charge in [0, 0.05) is 24.7 Å². The Labute approximate surface area is 104 Å². The molecule has 0 aliphatic rings. The molecule has 0 amide bonds. The molecule has 2 rings (SSSR count). The van der Waals surface area contributed by atoms with E-state index in [9.17, 15) is 5.11 Å². The molecule has 0 aliphatic heterocycles. The van der Waals surface area contributed by atoms with Crippen LogP contribution in [0.4, 0.5) is 0 Å². The standard InChI is InChI=1S/C12H14N2O2S/c1-16-11-3-2-9(6-10(11)15)7-13-8-12-14-4-5-17-12/h2-6,13,15H,7-8H2,1H3. The lowest BCUT2D eigenvalue weighted by molar-refractivity contribution is 0.373.